The molecule has 0 amide bonds. The monoisotopic (exact) mass is 848 g/mol. The molecule has 0 N–H and O–H groups in total. The quantitative estimate of drug-likeness (QED) is 0.0622. The van der Waals surface area contributed by atoms with Crippen LogP contribution in [-0.2, 0) is 5.41 Å². The standard InChI is InChI=1S/C47H36Cl2F6O4/c1-3-41(49)29-5-9-31(10-6-29)44(57)34-15-23-38(24-16-34)58-39-25-17-35(18-26-39)45(46(50,51)52,47(53,54)55)36-19-27-40(28-20-36)59-42(4-2)30-7-11-32(12-8-30)43(56)33-13-21-37(48)22-14-33/h5-28,41-42H,3-4H2,1-2H3. The van der Waals surface area contributed by atoms with Crippen molar-refractivity contribution >= 4 is 34.8 Å². The largest absolute Gasteiger partial charge is 0.486 e. The fraction of sp³-hybridized carbons (Fsp3) is 0.191. The van der Waals surface area contributed by atoms with Crippen molar-refractivity contribution < 1.29 is 45.4 Å². The molecular formula is C47H36Cl2F6O4. The molecule has 0 aromatic heterocycles. The topological polar surface area (TPSA) is 52.6 Å². The van der Waals surface area contributed by atoms with E-state index in [1.54, 1.807) is 79.7 Å². The summed E-state index contributed by atoms with van der Waals surface area (Å²) in [6.07, 6.45) is -11.1. The van der Waals surface area contributed by atoms with Crippen LogP contribution < -0.4 is 9.47 Å². The summed E-state index contributed by atoms with van der Waals surface area (Å²) in [7, 11) is 0. The molecular weight excluding hydrogens is 813 g/mol. The molecule has 12 heteroatoms. The number of carbonyl (C=O) groups is 2. The zero-order chi connectivity index (χ0) is 42.5. The molecule has 304 valence electrons. The first-order valence-corrected chi connectivity index (χ1v) is 19.3. The smallest absolute Gasteiger partial charge is 0.411 e. The van der Waals surface area contributed by atoms with E-state index >= 15 is 0 Å². The summed E-state index contributed by atoms with van der Waals surface area (Å²) in [4.78, 5) is 25.9. The van der Waals surface area contributed by atoms with Crippen molar-refractivity contribution in [3.8, 4) is 17.2 Å². The second kappa shape index (κ2) is 17.7. The van der Waals surface area contributed by atoms with Gasteiger partial charge in [-0.1, -0.05) is 98.2 Å². The van der Waals surface area contributed by atoms with Crippen molar-refractivity contribution in [2.75, 3.05) is 0 Å². The Morgan fingerprint density at radius 2 is 0.864 bits per heavy atom. The number of benzene rings is 6. The molecule has 0 fully saturated rings. The van der Waals surface area contributed by atoms with Crippen LogP contribution in [0.5, 0.6) is 17.2 Å². The zero-order valence-electron chi connectivity index (χ0n) is 31.6. The highest BCUT2D eigenvalue weighted by Crippen LogP contribution is 2.56. The van der Waals surface area contributed by atoms with Crippen LogP contribution in [0.1, 0.15) is 92.3 Å². The number of alkyl halides is 7. The van der Waals surface area contributed by atoms with Crippen LogP contribution in [0.25, 0.3) is 0 Å². The Kier molecular flexibility index (Phi) is 12.9. The number of rotatable bonds is 14. The third-order valence-corrected chi connectivity index (χ3v) is 10.8. The zero-order valence-corrected chi connectivity index (χ0v) is 33.1. The lowest BCUT2D eigenvalue weighted by molar-refractivity contribution is -0.288. The van der Waals surface area contributed by atoms with E-state index < -0.39 is 35.0 Å². The van der Waals surface area contributed by atoms with Crippen molar-refractivity contribution in [2.24, 2.45) is 0 Å². The van der Waals surface area contributed by atoms with Gasteiger partial charge in [-0.05, 0) is 108 Å². The predicted molar refractivity (Wildman–Crippen MR) is 216 cm³/mol. The van der Waals surface area contributed by atoms with Gasteiger partial charge in [0, 0.05) is 27.3 Å². The third-order valence-electron chi connectivity index (χ3n) is 9.97. The van der Waals surface area contributed by atoms with Crippen LogP contribution in [0.2, 0.25) is 5.02 Å². The van der Waals surface area contributed by atoms with Gasteiger partial charge in [-0.15, -0.1) is 11.6 Å². The fourth-order valence-corrected chi connectivity index (χ4v) is 7.03. The molecule has 2 atom stereocenters. The summed E-state index contributed by atoms with van der Waals surface area (Å²) in [5, 5.41) is 0.316. The molecule has 2 unspecified atom stereocenters. The average Bonchev–Trinajstić information content (AvgIpc) is 3.23. The van der Waals surface area contributed by atoms with Gasteiger partial charge < -0.3 is 9.47 Å². The van der Waals surface area contributed by atoms with Crippen LogP contribution in [-0.4, -0.2) is 23.9 Å². The highest BCUT2D eigenvalue weighted by molar-refractivity contribution is 6.30. The van der Waals surface area contributed by atoms with Crippen molar-refractivity contribution in [2.45, 2.75) is 55.9 Å². The summed E-state index contributed by atoms with van der Waals surface area (Å²) in [6, 6.07) is 33.1. The van der Waals surface area contributed by atoms with E-state index in [0.29, 0.717) is 39.3 Å². The maximum absolute atomic E-state index is 14.9. The number of halogens is 8. The second-order valence-corrected chi connectivity index (χ2v) is 14.7. The third kappa shape index (κ3) is 9.19. The Balaban J connectivity index is 1.19. The minimum atomic E-state index is -5.81. The van der Waals surface area contributed by atoms with Crippen LogP contribution >= 0.6 is 23.2 Å². The van der Waals surface area contributed by atoms with E-state index in [9.17, 15) is 35.9 Å². The molecule has 0 saturated carbocycles. The highest BCUT2D eigenvalue weighted by atomic mass is 35.5. The first-order valence-electron chi connectivity index (χ1n) is 18.5. The molecule has 0 saturated heterocycles. The maximum atomic E-state index is 14.9. The first-order chi connectivity index (χ1) is 28.0. The normalized spacial score (nSPS) is 13.1. The van der Waals surface area contributed by atoms with Crippen LogP contribution in [0.3, 0.4) is 0 Å². The molecule has 0 aliphatic heterocycles. The second-order valence-electron chi connectivity index (χ2n) is 13.7. The SMILES string of the molecule is CCC(Cl)c1ccc(C(=O)c2ccc(Oc3ccc(C(c4ccc(OC(CC)c5ccc(C(=O)c6ccc(Cl)cc6)cc5)cc4)(C(F)(F)F)C(F)(F)F)cc3)cc2)cc1. The minimum Gasteiger partial charge on any atom is -0.486 e. The molecule has 4 nitrogen and oxygen atoms in total. The molecule has 0 spiro atoms. The van der Waals surface area contributed by atoms with Gasteiger partial charge in [0.25, 0.3) is 0 Å². The van der Waals surface area contributed by atoms with Crippen LogP contribution in [0.4, 0.5) is 26.3 Å². The molecule has 6 rings (SSSR count). The minimum absolute atomic E-state index is 0.0232. The Labute approximate surface area is 347 Å². The maximum Gasteiger partial charge on any atom is 0.411 e. The van der Waals surface area contributed by atoms with Gasteiger partial charge >= 0.3 is 12.4 Å². The predicted octanol–water partition coefficient (Wildman–Crippen LogP) is 14.2. The van der Waals surface area contributed by atoms with E-state index in [4.69, 9.17) is 32.7 Å². The molecule has 6 aromatic rings. The number of ketones is 2. The summed E-state index contributed by atoms with van der Waals surface area (Å²) in [5.41, 5.74) is -3.35. The number of ether oxygens (including phenoxy) is 2. The first kappa shape index (κ1) is 43.0. The molecule has 0 heterocycles. The molecule has 0 radical (unpaired) electrons. The summed E-state index contributed by atoms with van der Waals surface area (Å²) >= 11 is 12.2. The lowest BCUT2D eigenvalue weighted by atomic mass is 9.73. The van der Waals surface area contributed by atoms with Crippen molar-refractivity contribution in [1.82, 2.24) is 0 Å². The van der Waals surface area contributed by atoms with Gasteiger partial charge in [0.15, 0.2) is 11.6 Å². The summed E-state index contributed by atoms with van der Waals surface area (Å²) in [5.74, 6) is -0.256. The molecule has 0 bridgehead atoms. The molecule has 6 aromatic carbocycles. The Morgan fingerprint density at radius 3 is 1.25 bits per heavy atom. The molecule has 0 aliphatic carbocycles. The van der Waals surface area contributed by atoms with Gasteiger partial charge in [0.2, 0.25) is 5.41 Å². The summed E-state index contributed by atoms with van der Waals surface area (Å²) < 4.78 is 101. The number of carbonyl (C=O) groups excluding carboxylic acids is 2. The van der Waals surface area contributed by atoms with Gasteiger partial charge in [-0.25, -0.2) is 0 Å². The lowest BCUT2D eigenvalue weighted by Crippen LogP contribution is -2.54. The fourth-order valence-electron chi connectivity index (χ4n) is 6.76. The van der Waals surface area contributed by atoms with E-state index in [2.05, 4.69) is 0 Å². The Hall–Kier alpha value is -5.58. The average molecular weight is 850 g/mol. The van der Waals surface area contributed by atoms with E-state index in [1.807, 2.05) is 6.92 Å². The highest BCUT2D eigenvalue weighted by Gasteiger charge is 2.72. The lowest BCUT2D eigenvalue weighted by Gasteiger charge is -2.38. The Bertz CT molecular complexity index is 2350. The van der Waals surface area contributed by atoms with Crippen molar-refractivity contribution in [3.05, 3.63) is 195 Å². The van der Waals surface area contributed by atoms with Gasteiger partial charge in [0.05, 0.1) is 5.38 Å². The van der Waals surface area contributed by atoms with E-state index in [-0.39, 0.29) is 34.2 Å². The van der Waals surface area contributed by atoms with Crippen LogP contribution in [0, 0.1) is 0 Å². The molecule has 0 aliphatic rings. The van der Waals surface area contributed by atoms with E-state index in [0.717, 1.165) is 60.5 Å². The summed E-state index contributed by atoms with van der Waals surface area (Å²) in [6.45, 7) is 3.75. The van der Waals surface area contributed by atoms with Gasteiger partial charge in [-0.3, -0.25) is 9.59 Å². The Morgan fingerprint density at radius 1 is 0.508 bits per heavy atom. The molecule has 59 heavy (non-hydrogen) atoms. The van der Waals surface area contributed by atoms with Crippen molar-refractivity contribution in [3.63, 3.8) is 0 Å². The van der Waals surface area contributed by atoms with Gasteiger partial charge in [0.1, 0.15) is 23.4 Å². The van der Waals surface area contributed by atoms with Crippen LogP contribution in [0.15, 0.2) is 146 Å². The van der Waals surface area contributed by atoms with Gasteiger partial charge in [-0.2, -0.15) is 26.3 Å². The van der Waals surface area contributed by atoms with E-state index in [1.165, 1.54) is 24.3 Å². The van der Waals surface area contributed by atoms with Crippen molar-refractivity contribution in [1.29, 1.82) is 0 Å². The number of hydrogen-bond acceptors (Lipinski definition) is 4. The number of hydrogen-bond donors (Lipinski definition) is 0.